The summed E-state index contributed by atoms with van der Waals surface area (Å²) in [7, 11) is 0. The second-order valence-corrected chi connectivity index (χ2v) is 9.45. The molecule has 224 valence electrons. The minimum atomic E-state index is -4.93. The summed E-state index contributed by atoms with van der Waals surface area (Å²) in [6.07, 6.45) is -2.64. The molecule has 0 unspecified atom stereocenters. The number of halogens is 4. The molecule has 9 nitrogen and oxygen atoms in total. The number of pyridine rings is 1. The van der Waals surface area contributed by atoms with E-state index in [2.05, 4.69) is 9.72 Å². The van der Waals surface area contributed by atoms with Gasteiger partial charge in [-0.25, -0.2) is 4.39 Å². The van der Waals surface area contributed by atoms with Crippen LogP contribution in [0.15, 0.2) is 54.6 Å². The standard InChI is InChI=1S/C29H30F4N4O5/c1-2-39-25(35)19-6-8-20(9-7-19)40-27-24(30)17-23(28(38)37-14-11-18(10-13-34)12-15-37)26(36-27)41-21-4-3-5-22(16-21)42-29(31,32)33/h3-9,16-18,35H,2,10-15,34H2,1H3. The summed E-state index contributed by atoms with van der Waals surface area (Å²) < 4.78 is 74.0. The first-order chi connectivity index (χ1) is 20.1. The number of nitrogens with two attached hydrogens (primary N) is 1. The maximum Gasteiger partial charge on any atom is 0.573 e. The molecule has 1 aromatic heterocycles. The molecule has 42 heavy (non-hydrogen) atoms. The van der Waals surface area contributed by atoms with Crippen molar-refractivity contribution in [2.24, 2.45) is 11.7 Å². The van der Waals surface area contributed by atoms with Gasteiger partial charge >= 0.3 is 6.36 Å². The lowest BCUT2D eigenvalue weighted by atomic mass is 9.93. The van der Waals surface area contributed by atoms with E-state index >= 15 is 4.39 Å². The van der Waals surface area contributed by atoms with Gasteiger partial charge in [0, 0.05) is 24.7 Å². The number of amides is 1. The summed E-state index contributed by atoms with van der Waals surface area (Å²) in [5.41, 5.74) is 5.90. The Bertz CT molecular complexity index is 1390. The van der Waals surface area contributed by atoms with Gasteiger partial charge in [-0.15, -0.1) is 13.2 Å². The van der Waals surface area contributed by atoms with Crippen LogP contribution < -0.4 is 19.9 Å². The third-order valence-electron chi connectivity index (χ3n) is 6.49. The van der Waals surface area contributed by atoms with E-state index in [4.69, 9.17) is 25.4 Å². The number of aromatic nitrogens is 1. The van der Waals surface area contributed by atoms with Gasteiger partial charge in [0.2, 0.25) is 11.8 Å². The van der Waals surface area contributed by atoms with Gasteiger partial charge in [0.25, 0.3) is 11.8 Å². The van der Waals surface area contributed by atoms with Crippen LogP contribution in [0.3, 0.4) is 0 Å². The first-order valence-electron chi connectivity index (χ1n) is 13.3. The second-order valence-electron chi connectivity index (χ2n) is 9.45. The first-order valence-corrected chi connectivity index (χ1v) is 13.3. The van der Waals surface area contributed by atoms with Crippen molar-refractivity contribution >= 4 is 11.8 Å². The Kier molecular flexibility index (Phi) is 9.84. The topological polar surface area (TPSA) is 120 Å². The lowest BCUT2D eigenvalue weighted by molar-refractivity contribution is -0.274. The molecule has 0 aliphatic carbocycles. The van der Waals surface area contributed by atoms with Crippen molar-refractivity contribution in [3.05, 3.63) is 71.5 Å². The van der Waals surface area contributed by atoms with E-state index in [1.54, 1.807) is 24.0 Å². The number of rotatable bonds is 10. The number of nitrogens with zero attached hydrogens (tertiary/aromatic N) is 2. The van der Waals surface area contributed by atoms with Crippen molar-refractivity contribution in [3.63, 3.8) is 0 Å². The number of benzene rings is 2. The van der Waals surface area contributed by atoms with E-state index in [1.165, 1.54) is 24.3 Å². The molecule has 1 aliphatic rings. The van der Waals surface area contributed by atoms with Gasteiger partial charge in [0.1, 0.15) is 22.8 Å². The molecule has 1 fully saturated rings. The van der Waals surface area contributed by atoms with E-state index in [1.807, 2.05) is 0 Å². The fourth-order valence-electron chi connectivity index (χ4n) is 4.45. The maximum atomic E-state index is 15.3. The number of carbonyl (C=O) groups excluding carboxylic acids is 1. The van der Waals surface area contributed by atoms with Crippen LogP contribution in [-0.4, -0.2) is 54.3 Å². The lowest BCUT2D eigenvalue weighted by Crippen LogP contribution is -2.39. The number of piperidine rings is 1. The smallest absolute Gasteiger partial charge is 0.478 e. The van der Waals surface area contributed by atoms with Crippen molar-refractivity contribution in [2.45, 2.75) is 32.5 Å². The molecule has 0 atom stereocenters. The lowest BCUT2D eigenvalue weighted by Gasteiger charge is -2.32. The molecule has 1 aliphatic heterocycles. The molecular weight excluding hydrogens is 560 g/mol. The summed E-state index contributed by atoms with van der Waals surface area (Å²) in [6, 6.07) is 11.6. The molecule has 2 aromatic carbocycles. The molecule has 4 rings (SSSR count). The van der Waals surface area contributed by atoms with E-state index in [0.29, 0.717) is 37.7 Å². The normalized spacial score (nSPS) is 13.9. The monoisotopic (exact) mass is 590 g/mol. The zero-order chi connectivity index (χ0) is 30.3. The second kappa shape index (κ2) is 13.5. The van der Waals surface area contributed by atoms with Gasteiger partial charge < -0.3 is 29.6 Å². The van der Waals surface area contributed by atoms with E-state index in [0.717, 1.165) is 37.5 Å². The number of ether oxygens (including phenoxy) is 4. The Morgan fingerprint density at radius 1 is 1.02 bits per heavy atom. The quantitative estimate of drug-likeness (QED) is 0.162. The predicted octanol–water partition coefficient (Wildman–Crippen LogP) is 6.27. The van der Waals surface area contributed by atoms with Crippen LogP contribution in [0.5, 0.6) is 29.0 Å². The Morgan fingerprint density at radius 2 is 1.69 bits per heavy atom. The van der Waals surface area contributed by atoms with Gasteiger partial charge in [-0.05, 0) is 81.1 Å². The molecule has 0 radical (unpaired) electrons. The highest BCUT2D eigenvalue weighted by molar-refractivity contribution is 5.96. The van der Waals surface area contributed by atoms with Gasteiger partial charge in [0.15, 0.2) is 5.82 Å². The average molecular weight is 591 g/mol. The van der Waals surface area contributed by atoms with E-state index in [9.17, 15) is 18.0 Å². The maximum absolute atomic E-state index is 15.3. The highest BCUT2D eigenvalue weighted by Crippen LogP contribution is 2.34. The number of likely N-dealkylation sites (tertiary alicyclic amines) is 1. The van der Waals surface area contributed by atoms with Crippen LogP contribution in [0, 0.1) is 17.1 Å². The Labute approximate surface area is 239 Å². The van der Waals surface area contributed by atoms with Crippen molar-refractivity contribution < 1.29 is 41.3 Å². The van der Waals surface area contributed by atoms with E-state index < -0.39 is 29.7 Å². The third-order valence-corrected chi connectivity index (χ3v) is 6.49. The molecule has 3 N–H and O–H groups in total. The summed E-state index contributed by atoms with van der Waals surface area (Å²) in [4.78, 5) is 19.1. The molecule has 0 spiro atoms. The van der Waals surface area contributed by atoms with Crippen molar-refractivity contribution in [3.8, 4) is 29.0 Å². The van der Waals surface area contributed by atoms with Crippen LogP contribution in [0.2, 0.25) is 0 Å². The predicted molar refractivity (Wildman–Crippen MR) is 145 cm³/mol. The largest absolute Gasteiger partial charge is 0.573 e. The van der Waals surface area contributed by atoms with Gasteiger partial charge in [-0.1, -0.05) is 6.07 Å². The molecule has 3 aromatic rings. The SMILES string of the molecule is CCOC(=N)c1ccc(Oc2nc(Oc3cccc(OC(F)(F)F)c3)c(C(=O)N3CCC(CCN)CC3)cc2F)cc1. The summed E-state index contributed by atoms with van der Waals surface area (Å²) in [6.45, 7) is 3.44. The number of hydrogen-bond acceptors (Lipinski definition) is 8. The molecule has 1 saturated heterocycles. The van der Waals surface area contributed by atoms with Crippen LogP contribution in [-0.2, 0) is 4.74 Å². The molecule has 13 heteroatoms. The minimum absolute atomic E-state index is 0.0456. The average Bonchev–Trinajstić information content (AvgIpc) is 2.95. The van der Waals surface area contributed by atoms with Crippen molar-refractivity contribution in [2.75, 3.05) is 26.2 Å². The zero-order valence-electron chi connectivity index (χ0n) is 22.7. The van der Waals surface area contributed by atoms with Crippen LogP contribution in [0.4, 0.5) is 17.6 Å². The molecular formula is C29H30F4N4O5. The fourth-order valence-corrected chi connectivity index (χ4v) is 4.45. The fraction of sp³-hybridized carbons (Fsp3) is 0.345. The van der Waals surface area contributed by atoms with Gasteiger partial charge in [-0.2, -0.15) is 4.98 Å². The Hall–Kier alpha value is -4.39. The first kappa shape index (κ1) is 30.6. The number of nitrogens with one attached hydrogen (secondary N) is 1. The van der Waals surface area contributed by atoms with Crippen molar-refractivity contribution in [1.29, 1.82) is 5.41 Å². The van der Waals surface area contributed by atoms with E-state index in [-0.39, 0.29) is 28.8 Å². The molecule has 2 heterocycles. The minimum Gasteiger partial charge on any atom is -0.478 e. The van der Waals surface area contributed by atoms with Crippen LogP contribution in [0.25, 0.3) is 0 Å². The highest BCUT2D eigenvalue weighted by atomic mass is 19.4. The van der Waals surface area contributed by atoms with Crippen LogP contribution >= 0.6 is 0 Å². The molecule has 1 amide bonds. The summed E-state index contributed by atoms with van der Waals surface area (Å²) in [5, 5.41) is 7.87. The number of alkyl halides is 3. The summed E-state index contributed by atoms with van der Waals surface area (Å²) >= 11 is 0. The zero-order valence-corrected chi connectivity index (χ0v) is 22.7. The molecule has 0 bridgehead atoms. The van der Waals surface area contributed by atoms with Crippen molar-refractivity contribution in [1.82, 2.24) is 9.88 Å². The van der Waals surface area contributed by atoms with Gasteiger partial charge in [0.05, 0.1) is 6.61 Å². The Morgan fingerprint density at radius 3 is 2.33 bits per heavy atom. The number of hydrogen-bond donors (Lipinski definition) is 2. The summed E-state index contributed by atoms with van der Waals surface area (Å²) in [5.74, 6) is -2.57. The highest BCUT2D eigenvalue weighted by Gasteiger charge is 2.32. The Balaban J connectivity index is 1.64. The third kappa shape index (κ3) is 8.09. The number of carbonyl (C=O) groups is 1. The van der Waals surface area contributed by atoms with Gasteiger partial charge in [-0.3, -0.25) is 10.2 Å². The van der Waals surface area contributed by atoms with Crippen LogP contribution in [0.1, 0.15) is 42.1 Å². The molecule has 0 saturated carbocycles.